The Labute approximate surface area is 186 Å². The van der Waals surface area contributed by atoms with E-state index >= 15 is 0 Å². The van der Waals surface area contributed by atoms with Gasteiger partial charge in [0.2, 0.25) is 0 Å². The molecule has 12 heteroatoms. The molecule has 1 aromatic heterocycles. The number of alkyl halides is 5. The van der Waals surface area contributed by atoms with Gasteiger partial charge in [-0.3, -0.25) is 4.79 Å². The van der Waals surface area contributed by atoms with Gasteiger partial charge < -0.3 is 25.4 Å². The molecule has 7 nitrogen and oxygen atoms in total. The first-order valence-corrected chi connectivity index (χ1v) is 9.71. The summed E-state index contributed by atoms with van der Waals surface area (Å²) in [7, 11) is 1.45. The van der Waals surface area contributed by atoms with Crippen molar-refractivity contribution < 1.29 is 36.2 Å². The number of hydrogen-bond donors (Lipinski definition) is 2. The number of likely N-dealkylation sites (tertiary alicyclic amines) is 1. The van der Waals surface area contributed by atoms with Crippen molar-refractivity contribution in [1.82, 2.24) is 15.2 Å². The lowest BCUT2D eigenvalue weighted by Gasteiger charge is -2.18. The summed E-state index contributed by atoms with van der Waals surface area (Å²) >= 11 is 0. The highest BCUT2D eigenvalue weighted by Crippen LogP contribution is 2.31. The van der Waals surface area contributed by atoms with E-state index in [1.807, 2.05) is 0 Å². The summed E-state index contributed by atoms with van der Waals surface area (Å²) in [5, 5.41) is 2.43. The second-order valence-corrected chi connectivity index (χ2v) is 7.27. The van der Waals surface area contributed by atoms with Crippen molar-refractivity contribution in [3.05, 3.63) is 59.4 Å². The number of nitrogens with zero attached hydrogens (tertiary/aromatic N) is 2. The summed E-state index contributed by atoms with van der Waals surface area (Å²) in [6.07, 6.45) is -2.05. The van der Waals surface area contributed by atoms with Crippen LogP contribution < -0.4 is 15.8 Å². The Kier molecular flexibility index (Phi) is 7.06. The Morgan fingerprint density at radius 1 is 1.33 bits per heavy atom. The van der Waals surface area contributed by atoms with Crippen LogP contribution in [0, 0.1) is 0 Å². The number of amides is 1. The Morgan fingerprint density at radius 2 is 2.03 bits per heavy atom. The highest BCUT2D eigenvalue weighted by Gasteiger charge is 2.48. The third-order valence-corrected chi connectivity index (χ3v) is 4.81. The molecule has 1 fully saturated rings. The summed E-state index contributed by atoms with van der Waals surface area (Å²) in [6.45, 7) is -0.987. The Balaban J connectivity index is 1.60. The second-order valence-electron chi connectivity index (χ2n) is 7.27. The first kappa shape index (κ1) is 24.2. The number of aromatic nitrogens is 1. The van der Waals surface area contributed by atoms with Gasteiger partial charge in [0.05, 0.1) is 18.7 Å². The molecule has 1 aliphatic heterocycles. The molecule has 1 amide bonds. The van der Waals surface area contributed by atoms with Gasteiger partial charge in [0.25, 0.3) is 11.8 Å². The molecule has 0 saturated carbocycles. The van der Waals surface area contributed by atoms with Crippen molar-refractivity contribution in [3.63, 3.8) is 0 Å². The Bertz CT molecular complexity index is 1010. The third kappa shape index (κ3) is 6.54. The van der Waals surface area contributed by atoms with Crippen LogP contribution in [0.5, 0.6) is 5.75 Å². The molecule has 0 aliphatic carbocycles. The van der Waals surface area contributed by atoms with Gasteiger partial charge in [-0.2, -0.15) is 0 Å². The number of hydrogen-bond acceptors (Lipinski definition) is 6. The van der Waals surface area contributed by atoms with Gasteiger partial charge in [-0.25, -0.2) is 13.8 Å². The molecule has 1 atom stereocenters. The van der Waals surface area contributed by atoms with Crippen LogP contribution in [0.2, 0.25) is 0 Å². The van der Waals surface area contributed by atoms with E-state index in [9.17, 15) is 26.7 Å². The Morgan fingerprint density at radius 3 is 2.67 bits per heavy atom. The number of nitrogens with one attached hydrogen (secondary N) is 1. The van der Waals surface area contributed by atoms with Crippen LogP contribution in [-0.4, -0.2) is 54.3 Å². The SMILES string of the molecule is CNC(=O)c1cnc(N)c(CO[C@@H]2CN(C=Cc3ccc(OC(F)(F)F)cc3)CC2(F)F)c1. The predicted molar refractivity (Wildman–Crippen MR) is 109 cm³/mol. The van der Waals surface area contributed by atoms with E-state index in [-0.39, 0.29) is 30.3 Å². The van der Waals surface area contributed by atoms with E-state index in [0.717, 1.165) is 12.1 Å². The summed E-state index contributed by atoms with van der Waals surface area (Å²) < 4.78 is 74.7. The summed E-state index contributed by atoms with van der Waals surface area (Å²) in [6, 6.07) is 6.42. The van der Waals surface area contributed by atoms with E-state index in [1.54, 1.807) is 0 Å². The summed E-state index contributed by atoms with van der Waals surface area (Å²) in [5.41, 5.74) is 6.80. The van der Waals surface area contributed by atoms with Gasteiger partial charge >= 0.3 is 6.36 Å². The summed E-state index contributed by atoms with van der Waals surface area (Å²) in [4.78, 5) is 17.0. The topological polar surface area (TPSA) is 89.7 Å². The number of pyridine rings is 1. The zero-order chi connectivity index (χ0) is 24.2. The van der Waals surface area contributed by atoms with Gasteiger partial charge in [0, 0.05) is 25.4 Å². The molecule has 0 radical (unpaired) electrons. The van der Waals surface area contributed by atoms with E-state index < -0.39 is 30.8 Å². The van der Waals surface area contributed by atoms with Crippen molar-refractivity contribution in [1.29, 1.82) is 0 Å². The van der Waals surface area contributed by atoms with Gasteiger partial charge in [-0.1, -0.05) is 12.1 Å². The predicted octanol–water partition coefficient (Wildman–Crippen LogP) is 3.43. The highest BCUT2D eigenvalue weighted by atomic mass is 19.4. The molecule has 178 valence electrons. The molecule has 1 aromatic carbocycles. The maximum atomic E-state index is 14.4. The molecule has 0 bridgehead atoms. The highest BCUT2D eigenvalue weighted by molar-refractivity contribution is 5.94. The number of ether oxygens (including phenoxy) is 2. The number of carbonyl (C=O) groups is 1. The zero-order valence-electron chi connectivity index (χ0n) is 17.4. The molecule has 2 heterocycles. The van der Waals surface area contributed by atoms with Crippen molar-refractivity contribution in [2.24, 2.45) is 0 Å². The largest absolute Gasteiger partial charge is 0.573 e. The number of nitrogens with two attached hydrogens (primary N) is 1. The molecular formula is C21H21F5N4O3. The number of carbonyl (C=O) groups excluding carboxylic acids is 1. The number of rotatable bonds is 7. The van der Waals surface area contributed by atoms with Crippen molar-refractivity contribution in [2.75, 3.05) is 25.9 Å². The summed E-state index contributed by atoms with van der Waals surface area (Å²) in [5.74, 6) is -3.87. The average Bonchev–Trinajstić information content (AvgIpc) is 3.04. The van der Waals surface area contributed by atoms with Crippen LogP contribution in [0.1, 0.15) is 21.5 Å². The lowest BCUT2D eigenvalue weighted by molar-refractivity contribution is -0.274. The Hall–Kier alpha value is -3.41. The number of anilines is 1. The van der Waals surface area contributed by atoms with Crippen LogP contribution in [0.15, 0.2) is 42.7 Å². The molecule has 33 heavy (non-hydrogen) atoms. The first-order chi connectivity index (χ1) is 15.5. The van der Waals surface area contributed by atoms with Crippen LogP contribution in [-0.2, 0) is 11.3 Å². The van der Waals surface area contributed by atoms with Gasteiger partial charge in [0.15, 0.2) is 0 Å². The van der Waals surface area contributed by atoms with Crippen LogP contribution in [0.25, 0.3) is 6.08 Å². The minimum absolute atomic E-state index is 0.0682. The van der Waals surface area contributed by atoms with Crippen LogP contribution in [0.3, 0.4) is 0 Å². The smallest absolute Gasteiger partial charge is 0.406 e. The lowest BCUT2D eigenvalue weighted by atomic mass is 10.2. The third-order valence-electron chi connectivity index (χ3n) is 4.81. The fourth-order valence-electron chi connectivity index (χ4n) is 3.14. The number of benzene rings is 1. The maximum Gasteiger partial charge on any atom is 0.573 e. The van der Waals surface area contributed by atoms with Gasteiger partial charge in [-0.15, -0.1) is 13.2 Å². The molecule has 0 spiro atoms. The molecule has 1 saturated heterocycles. The quantitative estimate of drug-likeness (QED) is 0.601. The van der Waals surface area contributed by atoms with Crippen LogP contribution >= 0.6 is 0 Å². The molecule has 2 aromatic rings. The van der Waals surface area contributed by atoms with E-state index in [4.69, 9.17) is 10.5 Å². The minimum Gasteiger partial charge on any atom is -0.406 e. The van der Waals surface area contributed by atoms with E-state index in [2.05, 4.69) is 15.0 Å². The average molecular weight is 472 g/mol. The van der Waals surface area contributed by atoms with Gasteiger partial charge in [0.1, 0.15) is 17.7 Å². The second kappa shape index (κ2) is 9.61. The van der Waals surface area contributed by atoms with E-state index in [0.29, 0.717) is 11.1 Å². The number of halogens is 5. The van der Waals surface area contributed by atoms with Crippen molar-refractivity contribution >= 4 is 17.8 Å². The molecule has 3 rings (SSSR count). The molecule has 3 N–H and O–H groups in total. The monoisotopic (exact) mass is 472 g/mol. The maximum absolute atomic E-state index is 14.4. The van der Waals surface area contributed by atoms with E-state index in [1.165, 1.54) is 48.6 Å². The molecule has 0 unspecified atom stereocenters. The molecule has 1 aliphatic rings. The standard InChI is InChI=1S/C21H21F5N4O3/c1-28-19(31)14-8-15(18(27)29-9-14)11-32-17-10-30(12-20(17,22)23)7-6-13-2-4-16(5-3-13)33-21(24,25)26/h2-9,17H,10-12H2,1H3,(H2,27,29)(H,28,31)/t17-/m1/s1. The fourth-order valence-corrected chi connectivity index (χ4v) is 3.14. The lowest BCUT2D eigenvalue weighted by Crippen LogP contribution is -2.34. The van der Waals surface area contributed by atoms with Gasteiger partial charge in [-0.05, 0) is 36.0 Å². The molecular weight excluding hydrogens is 451 g/mol. The zero-order valence-corrected chi connectivity index (χ0v) is 17.4. The normalized spacial score (nSPS) is 18.0. The van der Waals surface area contributed by atoms with Crippen molar-refractivity contribution in [2.45, 2.75) is 25.0 Å². The number of nitrogen functional groups attached to an aromatic ring is 1. The first-order valence-electron chi connectivity index (χ1n) is 9.71. The fraction of sp³-hybridized carbons (Fsp3) is 0.333. The van der Waals surface area contributed by atoms with Crippen LogP contribution in [0.4, 0.5) is 27.8 Å². The minimum atomic E-state index is -4.79. The van der Waals surface area contributed by atoms with Crippen molar-refractivity contribution in [3.8, 4) is 5.75 Å².